The quantitative estimate of drug-likeness (QED) is 0.787. The van der Waals surface area contributed by atoms with E-state index in [0.29, 0.717) is 17.1 Å². The largest absolute Gasteiger partial charge is 0.496 e. The highest BCUT2D eigenvalue weighted by atomic mass is 16.5. The number of pyridine rings is 1. The molecule has 3 fully saturated rings. The summed E-state index contributed by atoms with van der Waals surface area (Å²) in [6.45, 7) is 0.203. The fraction of sp³-hybridized carbons (Fsp3) is 0.368. The highest BCUT2D eigenvalue weighted by Gasteiger charge is 2.66. The van der Waals surface area contributed by atoms with Crippen LogP contribution in [0.4, 0.5) is 5.82 Å². The van der Waals surface area contributed by atoms with Gasteiger partial charge in [0.15, 0.2) is 0 Å². The molecule has 5 rings (SSSR count). The van der Waals surface area contributed by atoms with Crippen molar-refractivity contribution in [3.8, 4) is 5.75 Å². The number of nitrogens with two attached hydrogens (primary N) is 1. The molecule has 1 aromatic carbocycles. The number of methoxy groups -OCH3 is 1. The molecule has 0 amide bonds. The van der Waals surface area contributed by atoms with E-state index in [1.165, 1.54) is 7.11 Å². The van der Waals surface area contributed by atoms with E-state index in [4.69, 9.17) is 15.2 Å². The lowest BCUT2D eigenvalue weighted by molar-refractivity contribution is -0.0321. The van der Waals surface area contributed by atoms with Crippen LogP contribution in [0.15, 0.2) is 42.6 Å². The molecular formula is C19H21N3O3. The second-order valence-corrected chi connectivity index (χ2v) is 7.10. The molecule has 3 aliphatic carbocycles. The smallest absolute Gasteiger partial charge is 0.346 e. The van der Waals surface area contributed by atoms with E-state index in [2.05, 4.69) is 10.3 Å². The fourth-order valence-corrected chi connectivity index (χ4v) is 3.95. The van der Waals surface area contributed by atoms with Gasteiger partial charge in [-0.2, -0.15) is 0 Å². The minimum Gasteiger partial charge on any atom is -0.496 e. The van der Waals surface area contributed by atoms with Crippen LogP contribution in [-0.4, -0.2) is 29.1 Å². The van der Waals surface area contributed by atoms with Crippen LogP contribution in [0, 0.1) is 0 Å². The van der Waals surface area contributed by atoms with Crippen molar-refractivity contribution >= 4 is 11.8 Å². The first-order valence-electron chi connectivity index (χ1n) is 8.34. The summed E-state index contributed by atoms with van der Waals surface area (Å²) in [5.74, 6) is 0.495. The van der Waals surface area contributed by atoms with Gasteiger partial charge in [0.25, 0.3) is 0 Å². The second kappa shape index (κ2) is 5.74. The molecule has 0 aliphatic heterocycles. The molecule has 0 radical (unpaired) electrons. The van der Waals surface area contributed by atoms with E-state index in [-0.39, 0.29) is 17.7 Å². The molecule has 6 nitrogen and oxygen atoms in total. The number of ether oxygens (including phenoxy) is 2. The monoisotopic (exact) mass is 339 g/mol. The molecule has 0 atom stereocenters. The molecule has 1 aromatic heterocycles. The number of nitrogens with zero attached hydrogens (tertiary/aromatic N) is 1. The van der Waals surface area contributed by atoms with E-state index in [1.54, 1.807) is 12.3 Å². The molecular weight excluding hydrogens is 318 g/mol. The number of anilines is 1. The zero-order valence-corrected chi connectivity index (χ0v) is 14.1. The van der Waals surface area contributed by atoms with Crippen molar-refractivity contribution in [1.82, 2.24) is 4.98 Å². The Balaban J connectivity index is 1.53. The van der Waals surface area contributed by atoms with Crippen molar-refractivity contribution in [1.29, 1.82) is 0 Å². The zero-order chi connectivity index (χ0) is 17.5. The SMILES string of the molecule is COc1ccnc(NC23CC(N)(C2)C3)c1C(=O)OCc1ccccc1. The maximum Gasteiger partial charge on any atom is 0.346 e. The third-order valence-electron chi connectivity index (χ3n) is 5.00. The van der Waals surface area contributed by atoms with E-state index >= 15 is 0 Å². The lowest BCUT2D eigenvalue weighted by Gasteiger charge is -2.69. The molecule has 130 valence electrons. The number of hydrogen-bond donors (Lipinski definition) is 2. The number of esters is 1. The van der Waals surface area contributed by atoms with Crippen LogP contribution in [0.5, 0.6) is 5.75 Å². The lowest BCUT2D eigenvalue weighted by atomic mass is 9.44. The van der Waals surface area contributed by atoms with Crippen molar-refractivity contribution in [3.63, 3.8) is 0 Å². The summed E-state index contributed by atoms with van der Waals surface area (Å²) in [7, 11) is 1.53. The van der Waals surface area contributed by atoms with Gasteiger partial charge in [-0.3, -0.25) is 0 Å². The molecule has 0 spiro atoms. The van der Waals surface area contributed by atoms with Crippen LogP contribution in [0.2, 0.25) is 0 Å². The zero-order valence-electron chi connectivity index (χ0n) is 14.1. The Labute approximate surface area is 146 Å². The average molecular weight is 339 g/mol. The minimum atomic E-state index is -0.453. The number of nitrogens with one attached hydrogen (secondary N) is 1. The number of benzene rings is 1. The standard InChI is InChI=1S/C19H21N3O3/c1-24-14-7-8-21-16(22-19-10-18(20,11-19)12-19)15(14)17(23)25-9-13-5-3-2-4-6-13/h2-8H,9-12,20H2,1H3,(H,21,22). The van der Waals surface area contributed by atoms with E-state index in [1.807, 2.05) is 30.3 Å². The average Bonchev–Trinajstić information content (AvgIpc) is 2.58. The number of carbonyl (C=O) groups is 1. The van der Waals surface area contributed by atoms with Gasteiger partial charge in [-0.05, 0) is 30.9 Å². The molecule has 2 aromatic rings. The van der Waals surface area contributed by atoms with Crippen LogP contribution in [0.3, 0.4) is 0 Å². The Morgan fingerprint density at radius 2 is 1.96 bits per heavy atom. The van der Waals surface area contributed by atoms with Crippen molar-refractivity contribution in [3.05, 3.63) is 53.7 Å². The van der Waals surface area contributed by atoms with E-state index < -0.39 is 5.97 Å². The highest BCUT2D eigenvalue weighted by Crippen LogP contribution is 2.60. The fourth-order valence-electron chi connectivity index (χ4n) is 3.95. The number of aromatic nitrogens is 1. The first-order valence-corrected chi connectivity index (χ1v) is 8.34. The molecule has 2 bridgehead atoms. The predicted molar refractivity (Wildman–Crippen MR) is 93.5 cm³/mol. The summed E-state index contributed by atoms with van der Waals surface area (Å²) >= 11 is 0. The van der Waals surface area contributed by atoms with Crippen LogP contribution < -0.4 is 15.8 Å². The minimum absolute atomic E-state index is 0.0279. The van der Waals surface area contributed by atoms with Gasteiger partial charge in [-0.15, -0.1) is 0 Å². The van der Waals surface area contributed by atoms with Gasteiger partial charge < -0.3 is 20.5 Å². The van der Waals surface area contributed by atoms with Crippen LogP contribution >= 0.6 is 0 Å². The third-order valence-corrected chi connectivity index (χ3v) is 5.00. The molecule has 1 heterocycles. The molecule has 3 aliphatic rings. The van der Waals surface area contributed by atoms with Crippen LogP contribution in [0.1, 0.15) is 35.2 Å². The van der Waals surface area contributed by atoms with Gasteiger partial charge in [0.2, 0.25) is 0 Å². The van der Waals surface area contributed by atoms with Crippen molar-refractivity contribution in [2.24, 2.45) is 5.73 Å². The molecule has 0 saturated heterocycles. The summed E-state index contributed by atoms with van der Waals surface area (Å²) in [4.78, 5) is 17.0. The summed E-state index contributed by atoms with van der Waals surface area (Å²) < 4.78 is 10.8. The number of rotatable bonds is 6. The summed E-state index contributed by atoms with van der Waals surface area (Å²) in [6.07, 6.45) is 4.32. The lowest BCUT2D eigenvalue weighted by Crippen LogP contribution is -2.79. The molecule has 3 saturated carbocycles. The maximum atomic E-state index is 12.7. The Kier molecular flexibility index (Phi) is 3.65. The topological polar surface area (TPSA) is 86.5 Å². The number of carbonyl (C=O) groups excluding carboxylic acids is 1. The Morgan fingerprint density at radius 3 is 2.60 bits per heavy atom. The third kappa shape index (κ3) is 2.82. The van der Waals surface area contributed by atoms with Crippen LogP contribution in [0.25, 0.3) is 0 Å². The summed E-state index contributed by atoms with van der Waals surface area (Å²) in [5.41, 5.74) is 7.31. The maximum absolute atomic E-state index is 12.7. The van der Waals surface area contributed by atoms with Crippen molar-refractivity contribution in [2.75, 3.05) is 12.4 Å². The second-order valence-electron chi connectivity index (χ2n) is 7.10. The number of hydrogen-bond acceptors (Lipinski definition) is 6. The van der Waals surface area contributed by atoms with Gasteiger partial charge in [-0.1, -0.05) is 30.3 Å². The van der Waals surface area contributed by atoms with Crippen molar-refractivity contribution in [2.45, 2.75) is 36.9 Å². The first kappa shape index (κ1) is 15.9. The highest BCUT2D eigenvalue weighted by molar-refractivity contribution is 5.97. The first-order chi connectivity index (χ1) is 12.0. The predicted octanol–water partition coefficient (Wildman–Crippen LogP) is 2.49. The molecule has 0 unspecified atom stereocenters. The van der Waals surface area contributed by atoms with E-state index in [9.17, 15) is 4.79 Å². The van der Waals surface area contributed by atoms with Crippen molar-refractivity contribution < 1.29 is 14.3 Å². The van der Waals surface area contributed by atoms with Gasteiger partial charge >= 0.3 is 5.97 Å². The summed E-state index contributed by atoms with van der Waals surface area (Å²) in [5, 5.41) is 3.40. The summed E-state index contributed by atoms with van der Waals surface area (Å²) in [6, 6.07) is 11.2. The molecule has 3 N–H and O–H groups in total. The Morgan fingerprint density at radius 1 is 1.24 bits per heavy atom. The Bertz CT molecular complexity index is 787. The normalized spacial score (nSPS) is 26.2. The van der Waals surface area contributed by atoms with Gasteiger partial charge in [-0.25, -0.2) is 9.78 Å². The van der Waals surface area contributed by atoms with Gasteiger partial charge in [0, 0.05) is 17.3 Å². The van der Waals surface area contributed by atoms with Gasteiger partial charge in [0.05, 0.1) is 7.11 Å². The van der Waals surface area contributed by atoms with Gasteiger partial charge in [0.1, 0.15) is 23.7 Å². The molecule has 6 heteroatoms. The van der Waals surface area contributed by atoms with Crippen LogP contribution in [-0.2, 0) is 11.3 Å². The van der Waals surface area contributed by atoms with E-state index in [0.717, 1.165) is 24.8 Å². The molecule has 25 heavy (non-hydrogen) atoms. The Hall–Kier alpha value is -2.60.